The van der Waals surface area contributed by atoms with Crippen LogP contribution >= 0.6 is 11.8 Å². The number of hydrogen-bond donors (Lipinski definition) is 2. The Morgan fingerprint density at radius 3 is 2.65 bits per heavy atom. The van der Waals surface area contributed by atoms with Crippen LogP contribution in [0.3, 0.4) is 0 Å². The van der Waals surface area contributed by atoms with Crippen molar-refractivity contribution in [1.29, 1.82) is 0 Å². The van der Waals surface area contributed by atoms with Gasteiger partial charge in [0.2, 0.25) is 0 Å². The van der Waals surface area contributed by atoms with E-state index in [1.807, 2.05) is 20.8 Å². The van der Waals surface area contributed by atoms with E-state index in [1.54, 1.807) is 0 Å². The molecule has 2 aliphatic rings. The summed E-state index contributed by atoms with van der Waals surface area (Å²) in [5.41, 5.74) is 0.154. The minimum absolute atomic E-state index is 0.0642. The normalized spacial score (nSPS) is 21.1. The SMILES string of the molecule is C[C@@H](Nc1cc(NS(=O)(=O)N2CCC2)nc(SCc2cccc(F)c2F)n1)[C@@H]1COC(C)(C)O1. The highest BCUT2D eigenvalue weighted by atomic mass is 32.2. The molecule has 1 aromatic heterocycles. The molecule has 2 aliphatic heterocycles. The van der Waals surface area contributed by atoms with Gasteiger partial charge in [-0.15, -0.1) is 0 Å². The zero-order valence-electron chi connectivity index (χ0n) is 19.0. The Kier molecular flexibility index (Phi) is 7.29. The second-order valence-electron chi connectivity index (χ2n) is 8.58. The fraction of sp³-hybridized carbons (Fsp3) is 0.524. The van der Waals surface area contributed by atoms with Gasteiger partial charge in [0.1, 0.15) is 17.7 Å². The predicted octanol–water partition coefficient (Wildman–Crippen LogP) is 3.36. The first-order chi connectivity index (χ1) is 16.0. The average Bonchev–Trinajstić information content (AvgIpc) is 3.07. The molecule has 2 N–H and O–H groups in total. The van der Waals surface area contributed by atoms with Gasteiger partial charge in [0, 0.05) is 30.5 Å². The van der Waals surface area contributed by atoms with Gasteiger partial charge in [-0.1, -0.05) is 23.9 Å². The molecule has 2 saturated heterocycles. The van der Waals surface area contributed by atoms with Crippen LogP contribution in [0.1, 0.15) is 32.8 Å². The van der Waals surface area contributed by atoms with Crippen molar-refractivity contribution in [3.8, 4) is 0 Å². The summed E-state index contributed by atoms with van der Waals surface area (Å²) in [6, 6.07) is 5.22. The second-order valence-corrected chi connectivity index (χ2v) is 11.2. The van der Waals surface area contributed by atoms with E-state index in [2.05, 4.69) is 20.0 Å². The lowest BCUT2D eigenvalue weighted by atomic mass is 10.2. The summed E-state index contributed by atoms with van der Waals surface area (Å²) in [6.45, 7) is 6.83. The number of anilines is 2. The number of rotatable bonds is 9. The summed E-state index contributed by atoms with van der Waals surface area (Å²) < 4.78 is 68.0. The van der Waals surface area contributed by atoms with Gasteiger partial charge in [-0.3, -0.25) is 4.72 Å². The van der Waals surface area contributed by atoms with Crippen molar-refractivity contribution in [2.45, 2.75) is 56.0 Å². The number of nitrogens with zero attached hydrogens (tertiary/aromatic N) is 3. The summed E-state index contributed by atoms with van der Waals surface area (Å²) in [7, 11) is -3.75. The first kappa shape index (κ1) is 25.0. The molecule has 0 saturated carbocycles. The quantitative estimate of drug-likeness (QED) is 0.387. The van der Waals surface area contributed by atoms with Crippen molar-refractivity contribution >= 4 is 33.6 Å². The Balaban J connectivity index is 1.54. The number of aromatic nitrogens is 2. The van der Waals surface area contributed by atoms with Gasteiger partial charge in [-0.25, -0.2) is 18.7 Å². The van der Waals surface area contributed by atoms with Crippen LogP contribution in [0.15, 0.2) is 29.4 Å². The number of ether oxygens (including phenoxy) is 2. The van der Waals surface area contributed by atoms with E-state index in [4.69, 9.17) is 9.47 Å². The molecule has 0 spiro atoms. The third-order valence-electron chi connectivity index (χ3n) is 5.45. The third kappa shape index (κ3) is 5.95. The van der Waals surface area contributed by atoms with Crippen LogP contribution in [-0.4, -0.2) is 60.3 Å². The fourth-order valence-corrected chi connectivity index (χ4v) is 5.50. The predicted molar refractivity (Wildman–Crippen MR) is 125 cm³/mol. The minimum Gasteiger partial charge on any atom is -0.365 e. The first-order valence-electron chi connectivity index (χ1n) is 10.8. The van der Waals surface area contributed by atoms with E-state index in [1.165, 1.54) is 22.5 Å². The summed E-state index contributed by atoms with van der Waals surface area (Å²) in [5.74, 6) is -2.07. The van der Waals surface area contributed by atoms with E-state index < -0.39 is 27.6 Å². The maximum Gasteiger partial charge on any atom is 0.302 e. The van der Waals surface area contributed by atoms with Gasteiger partial charge >= 0.3 is 10.2 Å². The number of benzene rings is 1. The molecule has 9 nitrogen and oxygen atoms in total. The molecule has 34 heavy (non-hydrogen) atoms. The fourth-order valence-electron chi connectivity index (χ4n) is 3.43. The molecule has 0 radical (unpaired) electrons. The monoisotopic (exact) mass is 515 g/mol. The molecule has 1 aromatic carbocycles. The van der Waals surface area contributed by atoms with Crippen molar-refractivity contribution in [2.24, 2.45) is 0 Å². The number of thioether (sulfide) groups is 1. The highest BCUT2D eigenvalue weighted by Crippen LogP contribution is 2.28. The van der Waals surface area contributed by atoms with Crippen LogP contribution in [0.25, 0.3) is 0 Å². The summed E-state index contributed by atoms with van der Waals surface area (Å²) in [4.78, 5) is 8.71. The highest BCUT2D eigenvalue weighted by Gasteiger charge is 2.36. The maximum absolute atomic E-state index is 14.1. The Morgan fingerprint density at radius 1 is 1.26 bits per heavy atom. The topological polar surface area (TPSA) is 106 Å². The lowest BCUT2D eigenvalue weighted by Gasteiger charge is -2.29. The Bertz CT molecular complexity index is 1150. The molecule has 2 fully saturated rings. The molecule has 0 amide bonds. The van der Waals surface area contributed by atoms with Gasteiger partial charge in [0.25, 0.3) is 0 Å². The Labute approximate surface area is 201 Å². The summed E-state index contributed by atoms with van der Waals surface area (Å²) in [5, 5.41) is 3.41. The highest BCUT2D eigenvalue weighted by molar-refractivity contribution is 7.98. The lowest BCUT2D eigenvalue weighted by molar-refractivity contribution is -0.139. The van der Waals surface area contributed by atoms with Crippen molar-refractivity contribution in [3.63, 3.8) is 0 Å². The molecular weight excluding hydrogens is 488 g/mol. The molecule has 0 bridgehead atoms. The van der Waals surface area contributed by atoms with Gasteiger partial charge in [0.05, 0.1) is 12.6 Å². The van der Waals surface area contributed by atoms with Gasteiger partial charge in [-0.2, -0.15) is 12.7 Å². The largest absolute Gasteiger partial charge is 0.365 e. The second kappa shape index (κ2) is 9.90. The van der Waals surface area contributed by atoms with Crippen molar-refractivity contribution in [2.75, 3.05) is 29.7 Å². The number of halogens is 2. The van der Waals surface area contributed by atoms with E-state index >= 15 is 0 Å². The van der Waals surface area contributed by atoms with Crippen LogP contribution in [-0.2, 0) is 25.4 Å². The third-order valence-corrected chi connectivity index (χ3v) is 7.85. The Morgan fingerprint density at radius 2 is 2.00 bits per heavy atom. The van der Waals surface area contributed by atoms with E-state index in [0.717, 1.165) is 24.2 Å². The smallest absolute Gasteiger partial charge is 0.302 e. The summed E-state index contributed by atoms with van der Waals surface area (Å²) in [6.07, 6.45) is 0.554. The molecule has 2 aromatic rings. The van der Waals surface area contributed by atoms with Crippen LogP contribution in [0.2, 0.25) is 0 Å². The maximum atomic E-state index is 14.1. The molecule has 0 aliphatic carbocycles. The van der Waals surface area contributed by atoms with Crippen LogP contribution in [0.4, 0.5) is 20.4 Å². The number of hydrogen-bond acceptors (Lipinski definition) is 8. The molecule has 3 heterocycles. The standard InChI is InChI=1S/C21H27F2N5O4S2/c1-13(16-11-31-21(2,3)32-16)24-17-10-18(27-34(29,30)28-8-5-9-28)26-20(25-17)33-12-14-6-4-7-15(22)19(14)23/h4,6-7,10,13,16H,5,8-9,11-12H2,1-3H3,(H2,24,25,26,27)/t13-,16+/m1/s1. The number of nitrogens with one attached hydrogen (secondary N) is 2. The van der Waals surface area contributed by atoms with E-state index in [9.17, 15) is 17.2 Å². The molecule has 186 valence electrons. The van der Waals surface area contributed by atoms with Crippen molar-refractivity contribution in [3.05, 3.63) is 41.5 Å². The zero-order valence-corrected chi connectivity index (χ0v) is 20.7. The molecular formula is C21H27F2N5O4S2. The molecule has 4 rings (SSSR count). The van der Waals surface area contributed by atoms with Crippen LogP contribution in [0, 0.1) is 11.6 Å². The van der Waals surface area contributed by atoms with E-state index in [-0.39, 0.29) is 34.4 Å². The van der Waals surface area contributed by atoms with E-state index in [0.29, 0.717) is 25.5 Å². The first-order valence-corrected chi connectivity index (χ1v) is 13.3. The Hall–Kier alpha value is -2.06. The zero-order chi connectivity index (χ0) is 24.5. The summed E-state index contributed by atoms with van der Waals surface area (Å²) >= 11 is 1.06. The van der Waals surface area contributed by atoms with Crippen LogP contribution in [0.5, 0.6) is 0 Å². The molecule has 2 atom stereocenters. The minimum atomic E-state index is -3.75. The average molecular weight is 516 g/mol. The van der Waals surface area contributed by atoms with Crippen molar-refractivity contribution in [1.82, 2.24) is 14.3 Å². The molecule has 13 heteroatoms. The van der Waals surface area contributed by atoms with Crippen molar-refractivity contribution < 1.29 is 26.7 Å². The lowest BCUT2D eigenvalue weighted by Crippen LogP contribution is -2.45. The van der Waals surface area contributed by atoms with Crippen LogP contribution < -0.4 is 10.0 Å². The van der Waals surface area contributed by atoms with Gasteiger partial charge in [0.15, 0.2) is 22.6 Å². The van der Waals surface area contributed by atoms with Gasteiger partial charge in [-0.05, 0) is 33.3 Å². The van der Waals surface area contributed by atoms with Gasteiger partial charge < -0.3 is 14.8 Å². The molecule has 0 unspecified atom stereocenters.